The molecule has 4 heteroatoms. The highest BCUT2D eigenvalue weighted by Gasteiger charge is 2.59. The van der Waals surface area contributed by atoms with Gasteiger partial charge in [0.1, 0.15) is 5.41 Å². The Morgan fingerprint density at radius 2 is 1.89 bits per heavy atom. The Labute approximate surface area is 113 Å². The van der Waals surface area contributed by atoms with Gasteiger partial charge in [-0.15, -0.1) is 0 Å². The maximum Gasteiger partial charge on any atom is 0.321 e. The van der Waals surface area contributed by atoms with Crippen LogP contribution in [-0.2, 0) is 20.9 Å². The van der Waals surface area contributed by atoms with Crippen molar-refractivity contribution in [1.82, 2.24) is 4.90 Å². The van der Waals surface area contributed by atoms with E-state index in [1.807, 2.05) is 37.3 Å². The summed E-state index contributed by atoms with van der Waals surface area (Å²) in [6, 6.07) is 9.79. The molecular weight excluding hydrogens is 242 g/mol. The first kappa shape index (κ1) is 13.6. The molecule has 0 unspecified atom stereocenters. The lowest BCUT2D eigenvalue weighted by atomic mass is 10.1. The second-order valence-corrected chi connectivity index (χ2v) is 4.88. The smallest absolute Gasteiger partial charge is 0.321 e. The molecule has 1 saturated carbocycles. The Bertz CT molecular complexity index is 466. The van der Waals surface area contributed by atoms with E-state index in [1.54, 1.807) is 4.90 Å². The number of carbonyl (C=O) groups excluding carboxylic acids is 2. The molecule has 19 heavy (non-hydrogen) atoms. The highest BCUT2D eigenvalue weighted by Crippen LogP contribution is 2.48. The summed E-state index contributed by atoms with van der Waals surface area (Å²) in [6.07, 6.45) is 1.20. The van der Waals surface area contributed by atoms with Crippen LogP contribution < -0.4 is 0 Å². The van der Waals surface area contributed by atoms with Gasteiger partial charge in [0.15, 0.2) is 0 Å². The zero-order valence-corrected chi connectivity index (χ0v) is 11.4. The first-order valence-electron chi connectivity index (χ1n) is 6.56. The molecule has 0 aromatic heterocycles. The quantitative estimate of drug-likeness (QED) is 0.601. The van der Waals surface area contributed by atoms with E-state index < -0.39 is 11.4 Å². The normalized spacial score (nSPS) is 15.7. The number of esters is 1. The van der Waals surface area contributed by atoms with Gasteiger partial charge in [-0.25, -0.2) is 0 Å². The van der Waals surface area contributed by atoms with Crippen LogP contribution in [0.3, 0.4) is 0 Å². The van der Waals surface area contributed by atoms with Crippen LogP contribution in [-0.4, -0.2) is 30.4 Å². The Balaban J connectivity index is 2.10. The summed E-state index contributed by atoms with van der Waals surface area (Å²) in [5, 5.41) is 0. The van der Waals surface area contributed by atoms with Gasteiger partial charge in [-0.2, -0.15) is 0 Å². The summed E-state index contributed by atoms with van der Waals surface area (Å²) in [4.78, 5) is 26.0. The number of nitrogens with zero attached hydrogens (tertiary/aromatic N) is 1. The molecule has 0 bridgehead atoms. The van der Waals surface area contributed by atoms with Crippen LogP contribution in [0.5, 0.6) is 0 Å². The van der Waals surface area contributed by atoms with Crippen LogP contribution in [0.4, 0.5) is 0 Å². The first-order valence-corrected chi connectivity index (χ1v) is 6.56. The number of rotatable bonds is 5. The third-order valence-corrected chi connectivity index (χ3v) is 3.62. The van der Waals surface area contributed by atoms with E-state index in [0.29, 0.717) is 25.9 Å². The van der Waals surface area contributed by atoms with Crippen molar-refractivity contribution in [3.8, 4) is 0 Å². The predicted octanol–water partition coefficient (Wildman–Crippen LogP) is 1.99. The summed E-state index contributed by atoms with van der Waals surface area (Å²) in [7, 11) is 1.34. The van der Waals surface area contributed by atoms with Crippen LogP contribution in [0.25, 0.3) is 0 Å². The Morgan fingerprint density at radius 3 is 2.37 bits per heavy atom. The maximum absolute atomic E-state index is 12.5. The molecule has 0 atom stereocenters. The van der Waals surface area contributed by atoms with Crippen LogP contribution in [0.2, 0.25) is 0 Å². The molecule has 1 aromatic carbocycles. The number of hydrogen-bond acceptors (Lipinski definition) is 3. The number of carbonyl (C=O) groups is 2. The highest BCUT2D eigenvalue weighted by molar-refractivity contribution is 6.05. The van der Waals surface area contributed by atoms with Crippen LogP contribution in [0.1, 0.15) is 25.3 Å². The van der Waals surface area contributed by atoms with Crippen LogP contribution in [0.15, 0.2) is 30.3 Å². The Morgan fingerprint density at radius 1 is 1.26 bits per heavy atom. The van der Waals surface area contributed by atoms with E-state index >= 15 is 0 Å². The molecule has 0 N–H and O–H groups in total. The van der Waals surface area contributed by atoms with Crippen molar-refractivity contribution in [2.45, 2.75) is 26.3 Å². The second-order valence-electron chi connectivity index (χ2n) is 4.88. The molecule has 2 rings (SSSR count). The van der Waals surface area contributed by atoms with Gasteiger partial charge in [0.2, 0.25) is 5.91 Å². The van der Waals surface area contributed by atoms with Crippen LogP contribution in [0, 0.1) is 5.41 Å². The molecule has 1 aromatic rings. The Hall–Kier alpha value is -1.84. The second kappa shape index (κ2) is 5.43. The predicted molar refractivity (Wildman–Crippen MR) is 71.2 cm³/mol. The maximum atomic E-state index is 12.5. The van der Waals surface area contributed by atoms with E-state index in [1.165, 1.54) is 7.11 Å². The Kier molecular flexibility index (Phi) is 3.88. The lowest BCUT2D eigenvalue weighted by Gasteiger charge is -2.25. The zero-order valence-electron chi connectivity index (χ0n) is 11.4. The number of hydrogen-bond donors (Lipinski definition) is 0. The topological polar surface area (TPSA) is 46.6 Å². The monoisotopic (exact) mass is 261 g/mol. The van der Waals surface area contributed by atoms with E-state index in [9.17, 15) is 9.59 Å². The van der Waals surface area contributed by atoms with Gasteiger partial charge in [0, 0.05) is 13.1 Å². The molecular formula is C15H19NO3. The van der Waals surface area contributed by atoms with E-state index in [4.69, 9.17) is 4.74 Å². The minimum atomic E-state index is -0.903. The third kappa shape index (κ3) is 2.62. The molecule has 1 fully saturated rings. The summed E-state index contributed by atoms with van der Waals surface area (Å²) in [5.41, 5.74) is 0.165. The van der Waals surface area contributed by atoms with Gasteiger partial charge < -0.3 is 9.64 Å². The van der Waals surface area contributed by atoms with Gasteiger partial charge in [-0.1, -0.05) is 30.3 Å². The first-order chi connectivity index (χ1) is 9.14. The van der Waals surface area contributed by atoms with Crippen LogP contribution >= 0.6 is 0 Å². The molecule has 1 aliphatic carbocycles. The molecule has 4 nitrogen and oxygen atoms in total. The standard InChI is InChI=1S/C15H19NO3/c1-3-16(11-12-7-5-4-6-8-12)13(17)15(9-10-15)14(18)19-2/h4-8H,3,9-11H2,1-2H3. The number of ether oxygens (including phenoxy) is 1. The number of benzene rings is 1. The highest BCUT2D eigenvalue weighted by atomic mass is 16.5. The molecule has 0 spiro atoms. The molecule has 0 radical (unpaired) electrons. The van der Waals surface area contributed by atoms with Crippen molar-refractivity contribution in [1.29, 1.82) is 0 Å². The summed E-state index contributed by atoms with van der Waals surface area (Å²) >= 11 is 0. The van der Waals surface area contributed by atoms with Crippen molar-refractivity contribution in [2.75, 3.05) is 13.7 Å². The average Bonchev–Trinajstić information content (AvgIpc) is 3.26. The third-order valence-electron chi connectivity index (χ3n) is 3.62. The number of amides is 1. The van der Waals surface area contributed by atoms with Crippen molar-refractivity contribution in [3.05, 3.63) is 35.9 Å². The lowest BCUT2D eigenvalue weighted by molar-refractivity contribution is -0.156. The minimum Gasteiger partial charge on any atom is -0.468 e. The van der Waals surface area contributed by atoms with Crippen molar-refractivity contribution in [2.24, 2.45) is 5.41 Å². The fraction of sp³-hybridized carbons (Fsp3) is 0.467. The van der Waals surface area contributed by atoms with E-state index in [-0.39, 0.29) is 5.91 Å². The fourth-order valence-corrected chi connectivity index (χ4v) is 2.26. The van der Waals surface area contributed by atoms with E-state index in [0.717, 1.165) is 5.56 Å². The van der Waals surface area contributed by atoms with Crippen molar-refractivity contribution in [3.63, 3.8) is 0 Å². The van der Waals surface area contributed by atoms with Gasteiger partial charge in [0.25, 0.3) is 0 Å². The molecule has 0 aliphatic heterocycles. The van der Waals surface area contributed by atoms with Gasteiger partial charge >= 0.3 is 5.97 Å². The average molecular weight is 261 g/mol. The number of methoxy groups -OCH3 is 1. The molecule has 102 valence electrons. The van der Waals surface area contributed by atoms with Crippen molar-refractivity contribution < 1.29 is 14.3 Å². The van der Waals surface area contributed by atoms with E-state index in [2.05, 4.69) is 0 Å². The molecule has 0 saturated heterocycles. The van der Waals surface area contributed by atoms with Gasteiger partial charge in [0.05, 0.1) is 7.11 Å². The summed E-state index contributed by atoms with van der Waals surface area (Å²) in [5.74, 6) is -0.505. The summed E-state index contributed by atoms with van der Waals surface area (Å²) in [6.45, 7) is 3.05. The van der Waals surface area contributed by atoms with Gasteiger partial charge in [-0.3, -0.25) is 9.59 Å². The largest absolute Gasteiger partial charge is 0.468 e. The van der Waals surface area contributed by atoms with Crippen molar-refractivity contribution >= 4 is 11.9 Å². The van der Waals surface area contributed by atoms with Gasteiger partial charge in [-0.05, 0) is 25.3 Å². The molecule has 0 heterocycles. The molecule has 1 aliphatic rings. The SMILES string of the molecule is CCN(Cc1ccccc1)C(=O)C1(C(=O)OC)CC1. The summed E-state index contributed by atoms with van der Waals surface area (Å²) < 4.78 is 4.76. The zero-order chi connectivity index (χ0) is 13.9. The lowest BCUT2D eigenvalue weighted by Crippen LogP contribution is -2.40. The fourth-order valence-electron chi connectivity index (χ4n) is 2.26. The molecule has 1 amide bonds. The minimum absolute atomic E-state index is 0.106.